The summed E-state index contributed by atoms with van der Waals surface area (Å²) in [4.78, 5) is 17.0. The third kappa shape index (κ3) is 4.12. The number of benzene rings is 2. The lowest BCUT2D eigenvalue weighted by atomic mass is 9.78. The van der Waals surface area contributed by atoms with Gasteiger partial charge in [-0.3, -0.25) is 9.78 Å². The Morgan fingerprint density at radius 3 is 2.86 bits per heavy atom. The number of carbonyl (C=O) groups excluding carboxylic acids is 1. The Morgan fingerprint density at radius 2 is 2.04 bits per heavy atom. The molecule has 142 valence electrons. The number of nitrogens with zero attached hydrogens (tertiary/aromatic N) is 1. The molecule has 7 heteroatoms. The molecule has 4 rings (SSSR count). The summed E-state index contributed by atoms with van der Waals surface area (Å²) in [5.41, 5.74) is 9.56. The van der Waals surface area contributed by atoms with Gasteiger partial charge in [0.2, 0.25) is 0 Å². The maximum absolute atomic E-state index is 12.9. The minimum Gasteiger partial charge on any atom is -0.429 e. The molecule has 5 nitrogen and oxygen atoms in total. The van der Waals surface area contributed by atoms with Crippen molar-refractivity contribution < 1.29 is 9.82 Å². The number of hydrogen-bond donors (Lipinski definition) is 3. The summed E-state index contributed by atoms with van der Waals surface area (Å²) >= 11 is 0. The smallest absolute Gasteiger partial charge is 0.429 e. The van der Waals surface area contributed by atoms with Crippen molar-refractivity contribution in [2.45, 2.75) is 12.3 Å². The minimum atomic E-state index is -0.716. The molecule has 28 heavy (non-hydrogen) atoms. The van der Waals surface area contributed by atoms with E-state index in [1.165, 1.54) is 0 Å². The predicted octanol–water partition coefficient (Wildman–Crippen LogP) is 2.66. The van der Waals surface area contributed by atoms with Gasteiger partial charge < -0.3 is 16.0 Å². The van der Waals surface area contributed by atoms with Crippen molar-refractivity contribution in [1.29, 1.82) is 0 Å². The van der Waals surface area contributed by atoms with Crippen LogP contribution in [0.15, 0.2) is 60.8 Å². The number of nitrogens with one attached hydrogen (secondary N) is 1. The number of nitrogens with two attached hydrogens (primary N) is 1. The van der Waals surface area contributed by atoms with E-state index in [4.69, 9.17) is 5.73 Å². The van der Waals surface area contributed by atoms with Crippen molar-refractivity contribution in [3.05, 3.63) is 77.5 Å². The number of ketones is 1. The van der Waals surface area contributed by atoms with Gasteiger partial charge in [-0.25, -0.2) is 0 Å². The van der Waals surface area contributed by atoms with Crippen LogP contribution < -0.4 is 11.0 Å². The minimum absolute atomic E-state index is 0. The molecule has 0 fully saturated rings. The lowest BCUT2D eigenvalue weighted by molar-refractivity contribution is -0.119. The average molecular weight is 391 g/mol. The SMILES string of the molecule is NC[C@@H](C(=O)Cc1ccc2cnccc2c1)c1ccc2c(c1)NB(O)C=C2.S. The average Bonchev–Trinajstić information content (AvgIpc) is 2.68. The second kappa shape index (κ2) is 8.60. The lowest BCUT2D eigenvalue weighted by Gasteiger charge is -2.20. The van der Waals surface area contributed by atoms with Crippen LogP contribution in [0.1, 0.15) is 22.6 Å². The second-order valence-electron chi connectivity index (χ2n) is 6.78. The highest BCUT2D eigenvalue weighted by Gasteiger charge is 2.22. The summed E-state index contributed by atoms with van der Waals surface area (Å²) in [7, 11) is -0.716. The first-order chi connectivity index (χ1) is 13.1. The van der Waals surface area contributed by atoms with E-state index in [1.807, 2.05) is 54.7 Å². The number of pyridine rings is 1. The van der Waals surface area contributed by atoms with E-state index in [0.29, 0.717) is 6.42 Å². The van der Waals surface area contributed by atoms with E-state index in [1.54, 1.807) is 12.2 Å². The standard InChI is InChI=1S/C21H20BN3O2.H2S/c23-12-19(17-4-3-15-5-7-22(27)25-20(15)11-17)21(26)10-14-1-2-18-13-24-8-6-16(18)9-14;/h1-9,11,13,19,25,27H,10,12,23H2;1H2/t19-;/m1./s1. The number of Topliss-reactive ketones (excluding diaryl/α,β-unsaturated/α-hetero) is 1. The van der Waals surface area contributed by atoms with Crippen LogP contribution in [0.5, 0.6) is 0 Å². The van der Waals surface area contributed by atoms with Crippen molar-refractivity contribution in [2.24, 2.45) is 5.73 Å². The Morgan fingerprint density at radius 1 is 1.18 bits per heavy atom. The monoisotopic (exact) mass is 391 g/mol. The normalized spacial score (nSPS) is 13.4. The van der Waals surface area contributed by atoms with Crippen LogP contribution in [-0.2, 0) is 11.2 Å². The van der Waals surface area contributed by atoms with E-state index in [0.717, 1.165) is 33.2 Å². The quantitative estimate of drug-likeness (QED) is 0.582. The number of hydrogen-bond acceptors (Lipinski definition) is 5. The molecule has 0 saturated heterocycles. The van der Waals surface area contributed by atoms with Crippen LogP contribution in [0.3, 0.4) is 0 Å². The molecule has 0 saturated carbocycles. The number of aromatic nitrogens is 1. The molecule has 1 aliphatic heterocycles. The predicted molar refractivity (Wildman–Crippen MR) is 120 cm³/mol. The molecule has 0 aliphatic carbocycles. The summed E-state index contributed by atoms with van der Waals surface area (Å²) in [6, 6.07) is 13.7. The molecule has 1 atom stereocenters. The molecule has 3 aromatic rings. The number of rotatable bonds is 5. The zero-order valence-electron chi connectivity index (χ0n) is 15.3. The van der Waals surface area contributed by atoms with Crippen LogP contribution in [0.4, 0.5) is 5.69 Å². The second-order valence-corrected chi connectivity index (χ2v) is 6.78. The zero-order chi connectivity index (χ0) is 18.8. The maximum atomic E-state index is 12.9. The van der Waals surface area contributed by atoms with Gasteiger partial charge in [0.05, 0.1) is 5.92 Å². The third-order valence-corrected chi connectivity index (χ3v) is 4.95. The van der Waals surface area contributed by atoms with Gasteiger partial charge in [-0.05, 0) is 34.2 Å². The fourth-order valence-corrected chi connectivity index (χ4v) is 3.48. The van der Waals surface area contributed by atoms with Crippen LogP contribution >= 0.6 is 13.5 Å². The van der Waals surface area contributed by atoms with E-state index < -0.39 is 7.05 Å². The van der Waals surface area contributed by atoms with Crippen molar-refractivity contribution in [2.75, 3.05) is 11.8 Å². The van der Waals surface area contributed by atoms with E-state index in [-0.39, 0.29) is 31.7 Å². The molecule has 1 aliphatic rings. The number of fused-ring (bicyclic) bond motifs is 2. The summed E-state index contributed by atoms with van der Waals surface area (Å²) in [6.07, 6.45) is 5.75. The molecule has 4 N–H and O–H groups in total. The van der Waals surface area contributed by atoms with Gasteiger partial charge in [0.15, 0.2) is 0 Å². The van der Waals surface area contributed by atoms with Gasteiger partial charge in [0, 0.05) is 36.4 Å². The Kier molecular flexibility index (Phi) is 6.19. The molecular weight excluding hydrogens is 369 g/mol. The van der Waals surface area contributed by atoms with Crippen LogP contribution in [0.2, 0.25) is 0 Å². The number of carbonyl (C=O) groups is 1. The molecule has 0 bridgehead atoms. The first-order valence-electron chi connectivity index (χ1n) is 8.96. The van der Waals surface area contributed by atoms with Gasteiger partial charge in [-0.15, -0.1) is 0 Å². The molecule has 0 spiro atoms. The lowest BCUT2D eigenvalue weighted by Crippen LogP contribution is -2.26. The van der Waals surface area contributed by atoms with Crippen molar-refractivity contribution in [3.63, 3.8) is 0 Å². The fraction of sp³-hybridized carbons (Fsp3) is 0.143. The molecule has 2 heterocycles. The van der Waals surface area contributed by atoms with E-state index >= 15 is 0 Å². The van der Waals surface area contributed by atoms with Gasteiger partial charge in [-0.2, -0.15) is 13.5 Å². The van der Waals surface area contributed by atoms with Gasteiger partial charge in [-0.1, -0.05) is 42.4 Å². The Balaban J connectivity index is 0.00000225. The van der Waals surface area contributed by atoms with Crippen molar-refractivity contribution in [1.82, 2.24) is 4.98 Å². The highest BCUT2D eigenvalue weighted by atomic mass is 32.1. The van der Waals surface area contributed by atoms with E-state index in [9.17, 15) is 9.82 Å². The Hall–Kier alpha value is -2.61. The maximum Gasteiger partial charge on any atom is 0.438 e. The molecular formula is C21H22BN3O2S. The molecule has 0 radical (unpaired) electrons. The largest absolute Gasteiger partial charge is 0.438 e. The topological polar surface area (TPSA) is 88.2 Å². The summed E-state index contributed by atoms with van der Waals surface area (Å²) in [5.74, 6) is 1.38. The first-order valence-corrected chi connectivity index (χ1v) is 8.96. The summed E-state index contributed by atoms with van der Waals surface area (Å²) < 4.78 is 0. The van der Waals surface area contributed by atoms with Gasteiger partial charge >= 0.3 is 7.05 Å². The van der Waals surface area contributed by atoms with Crippen LogP contribution in [0, 0.1) is 0 Å². The first kappa shape index (κ1) is 20.1. The molecule has 1 aromatic heterocycles. The summed E-state index contributed by atoms with van der Waals surface area (Å²) in [5, 5.41) is 14.9. The highest BCUT2D eigenvalue weighted by Crippen LogP contribution is 2.28. The van der Waals surface area contributed by atoms with E-state index in [2.05, 4.69) is 10.2 Å². The molecule has 0 unspecified atom stereocenters. The van der Waals surface area contributed by atoms with Gasteiger partial charge in [0.1, 0.15) is 5.78 Å². The molecule has 2 aromatic carbocycles. The molecule has 0 amide bonds. The fourth-order valence-electron chi connectivity index (χ4n) is 3.48. The van der Waals surface area contributed by atoms with Crippen molar-refractivity contribution >= 4 is 48.9 Å². The summed E-state index contributed by atoms with van der Waals surface area (Å²) in [6.45, 7) is 0.244. The highest BCUT2D eigenvalue weighted by molar-refractivity contribution is 7.59. The van der Waals surface area contributed by atoms with Gasteiger partial charge in [0.25, 0.3) is 0 Å². The van der Waals surface area contributed by atoms with Crippen molar-refractivity contribution in [3.8, 4) is 0 Å². The zero-order valence-corrected chi connectivity index (χ0v) is 16.3. The van der Waals surface area contributed by atoms with Crippen LogP contribution in [0.25, 0.3) is 16.8 Å². The Labute approximate surface area is 171 Å². The number of anilines is 1. The third-order valence-electron chi connectivity index (χ3n) is 4.95. The van der Waals surface area contributed by atoms with Crippen LogP contribution in [-0.4, -0.2) is 29.4 Å². The Bertz CT molecular complexity index is 1040.